The molecule has 0 saturated carbocycles. The third-order valence-corrected chi connectivity index (χ3v) is 1.70. The van der Waals surface area contributed by atoms with Crippen molar-refractivity contribution in [3.63, 3.8) is 0 Å². The number of benzene rings is 1. The number of aliphatic imine (C=N–C) groups is 1. The van der Waals surface area contributed by atoms with E-state index in [2.05, 4.69) is 4.99 Å². The van der Waals surface area contributed by atoms with Crippen molar-refractivity contribution in [2.75, 3.05) is 0 Å². The topological polar surface area (TPSA) is 38.4 Å². The molecule has 2 N–H and O–H groups in total. The molecular formula is C10H12F2N2. The van der Waals surface area contributed by atoms with Gasteiger partial charge in [0.1, 0.15) is 17.5 Å². The Balaban J connectivity index is 3.02. The molecule has 0 saturated heterocycles. The molecule has 1 aromatic rings. The fraction of sp³-hybridized carbons (Fsp3) is 0.300. The minimum Gasteiger partial charge on any atom is -0.387 e. The third kappa shape index (κ3) is 2.80. The maximum absolute atomic E-state index is 12.7. The molecule has 0 atom stereocenters. The summed E-state index contributed by atoms with van der Waals surface area (Å²) in [6, 6.07) is 3.07. The van der Waals surface area contributed by atoms with Gasteiger partial charge in [-0.15, -0.1) is 0 Å². The Hall–Kier alpha value is -1.45. The molecule has 0 aliphatic carbocycles. The second-order valence-electron chi connectivity index (χ2n) is 3.32. The van der Waals surface area contributed by atoms with Crippen LogP contribution in [0.3, 0.4) is 0 Å². The Kier molecular flexibility index (Phi) is 3.17. The van der Waals surface area contributed by atoms with E-state index in [1.165, 1.54) is 0 Å². The van der Waals surface area contributed by atoms with Crippen molar-refractivity contribution in [2.24, 2.45) is 16.6 Å². The summed E-state index contributed by atoms with van der Waals surface area (Å²) in [5.74, 6) is -0.892. The quantitative estimate of drug-likeness (QED) is 0.575. The van der Waals surface area contributed by atoms with Crippen LogP contribution in [-0.2, 0) is 0 Å². The Labute approximate surface area is 81.5 Å². The highest BCUT2D eigenvalue weighted by molar-refractivity contribution is 5.84. The smallest absolute Gasteiger partial charge is 0.128 e. The summed E-state index contributed by atoms with van der Waals surface area (Å²) in [5.41, 5.74) is 5.76. The highest BCUT2D eigenvalue weighted by Gasteiger charge is 2.02. The van der Waals surface area contributed by atoms with Gasteiger partial charge in [-0.25, -0.2) is 13.8 Å². The first-order chi connectivity index (χ1) is 6.49. The van der Waals surface area contributed by atoms with Gasteiger partial charge in [0.15, 0.2) is 0 Å². The van der Waals surface area contributed by atoms with Gasteiger partial charge in [-0.2, -0.15) is 0 Å². The zero-order chi connectivity index (χ0) is 10.7. The first-order valence-corrected chi connectivity index (χ1v) is 4.29. The van der Waals surface area contributed by atoms with Gasteiger partial charge in [0.2, 0.25) is 0 Å². The summed E-state index contributed by atoms with van der Waals surface area (Å²) in [5, 5.41) is 0. The van der Waals surface area contributed by atoms with E-state index in [0.717, 1.165) is 18.2 Å². The maximum atomic E-state index is 12.7. The highest BCUT2D eigenvalue weighted by Crippen LogP contribution is 2.16. The van der Waals surface area contributed by atoms with E-state index < -0.39 is 11.6 Å². The molecule has 0 unspecified atom stereocenters. The van der Waals surface area contributed by atoms with Gasteiger partial charge in [-0.3, -0.25) is 0 Å². The molecule has 14 heavy (non-hydrogen) atoms. The molecule has 0 bridgehead atoms. The van der Waals surface area contributed by atoms with Crippen molar-refractivity contribution < 1.29 is 8.78 Å². The monoisotopic (exact) mass is 198 g/mol. The van der Waals surface area contributed by atoms with Crippen molar-refractivity contribution in [1.29, 1.82) is 0 Å². The van der Waals surface area contributed by atoms with Crippen molar-refractivity contribution in [3.8, 4) is 0 Å². The SMILES string of the molecule is CC(C)C(N)=Nc1cc(F)cc(F)c1. The van der Waals surface area contributed by atoms with Crippen LogP contribution in [0, 0.1) is 17.6 Å². The van der Waals surface area contributed by atoms with Crippen LogP contribution in [0.5, 0.6) is 0 Å². The van der Waals surface area contributed by atoms with E-state index in [0.29, 0.717) is 5.84 Å². The van der Waals surface area contributed by atoms with Crippen molar-refractivity contribution in [3.05, 3.63) is 29.8 Å². The van der Waals surface area contributed by atoms with Crippen LogP contribution < -0.4 is 5.73 Å². The molecule has 0 spiro atoms. The second-order valence-corrected chi connectivity index (χ2v) is 3.32. The largest absolute Gasteiger partial charge is 0.387 e. The van der Waals surface area contributed by atoms with E-state index in [9.17, 15) is 8.78 Å². The molecule has 0 aliphatic rings. The van der Waals surface area contributed by atoms with Crippen LogP contribution in [0.25, 0.3) is 0 Å². The fourth-order valence-electron chi connectivity index (χ4n) is 0.882. The molecule has 0 amide bonds. The van der Waals surface area contributed by atoms with Gasteiger partial charge >= 0.3 is 0 Å². The summed E-state index contributed by atoms with van der Waals surface area (Å²) < 4.78 is 25.5. The van der Waals surface area contributed by atoms with Gasteiger partial charge in [0, 0.05) is 12.0 Å². The molecule has 0 aromatic heterocycles. The van der Waals surface area contributed by atoms with Gasteiger partial charge in [0.25, 0.3) is 0 Å². The van der Waals surface area contributed by atoms with Crippen LogP contribution in [0.1, 0.15) is 13.8 Å². The number of halogens is 2. The molecule has 76 valence electrons. The predicted octanol–water partition coefficient (Wildman–Crippen LogP) is 2.61. The summed E-state index contributed by atoms with van der Waals surface area (Å²) in [6.45, 7) is 3.71. The Morgan fingerprint density at radius 3 is 2.14 bits per heavy atom. The average Bonchev–Trinajstić information content (AvgIpc) is 2.01. The first kappa shape index (κ1) is 10.6. The van der Waals surface area contributed by atoms with E-state index in [4.69, 9.17) is 5.73 Å². The van der Waals surface area contributed by atoms with Crippen LogP contribution >= 0.6 is 0 Å². The summed E-state index contributed by atoms with van der Waals surface area (Å²) in [4.78, 5) is 3.89. The molecule has 0 radical (unpaired) electrons. The number of hydrogen-bond donors (Lipinski definition) is 1. The van der Waals surface area contributed by atoms with Crippen LogP contribution in [0.15, 0.2) is 23.2 Å². The van der Waals surface area contributed by atoms with Crippen LogP contribution in [-0.4, -0.2) is 5.84 Å². The minimum absolute atomic E-state index is 0.0568. The van der Waals surface area contributed by atoms with Gasteiger partial charge in [0.05, 0.1) is 5.69 Å². The van der Waals surface area contributed by atoms with E-state index >= 15 is 0 Å². The fourth-order valence-corrected chi connectivity index (χ4v) is 0.882. The normalized spacial score (nSPS) is 12.2. The van der Waals surface area contributed by atoms with E-state index in [1.807, 2.05) is 13.8 Å². The number of rotatable bonds is 2. The van der Waals surface area contributed by atoms with Crippen molar-refractivity contribution >= 4 is 11.5 Å². The van der Waals surface area contributed by atoms with Crippen molar-refractivity contribution in [1.82, 2.24) is 0 Å². The summed E-state index contributed by atoms with van der Waals surface area (Å²) >= 11 is 0. The minimum atomic E-state index is -0.652. The number of amidine groups is 1. The Morgan fingerprint density at radius 2 is 1.71 bits per heavy atom. The standard InChI is InChI=1S/C10H12F2N2/c1-6(2)10(13)14-9-4-7(11)3-8(12)5-9/h3-6H,1-2H3,(H2,13,14). The van der Waals surface area contributed by atoms with Crippen LogP contribution in [0.2, 0.25) is 0 Å². The zero-order valence-electron chi connectivity index (χ0n) is 8.09. The highest BCUT2D eigenvalue weighted by atomic mass is 19.1. The molecule has 0 heterocycles. The number of nitrogens with zero attached hydrogens (tertiary/aromatic N) is 1. The van der Waals surface area contributed by atoms with Gasteiger partial charge < -0.3 is 5.73 Å². The first-order valence-electron chi connectivity index (χ1n) is 4.29. The molecular weight excluding hydrogens is 186 g/mol. The van der Waals surface area contributed by atoms with Crippen molar-refractivity contribution in [2.45, 2.75) is 13.8 Å². The zero-order valence-corrected chi connectivity index (χ0v) is 8.09. The van der Waals surface area contributed by atoms with Crippen LogP contribution in [0.4, 0.5) is 14.5 Å². The lowest BCUT2D eigenvalue weighted by molar-refractivity contribution is 0.584. The molecule has 0 fully saturated rings. The third-order valence-electron chi connectivity index (χ3n) is 1.70. The van der Waals surface area contributed by atoms with Gasteiger partial charge in [-0.05, 0) is 12.1 Å². The maximum Gasteiger partial charge on any atom is 0.128 e. The molecule has 2 nitrogen and oxygen atoms in total. The molecule has 0 aliphatic heterocycles. The molecule has 1 aromatic carbocycles. The molecule has 1 rings (SSSR count). The predicted molar refractivity (Wildman–Crippen MR) is 52.5 cm³/mol. The average molecular weight is 198 g/mol. The second kappa shape index (κ2) is 4.17. The lowest BCUT2D eigenvalue weighted by atomic mass is 10.2. The lowest BCUT2D eigenvalue weighted by Gasteiger charge is -2.03. The Bertz CT molecular complexity index is 339. The van der Waals surface area contributed by atoms with E-state index in [-0.39, 0.29) is 11.6 Å². The summed E-state index contributed by atoms with van der Waals surface area (Å²) in [6.07, 6.45) is 0. The number of hydrogen-bond acceptors (Lipinski definition) is 1. The van der Waals surface area contributed by atoms with Gasteiger partial charge in [-0.1, -0.05) is 13.8 Å². The number of nitrogens with two attached hydrogens (primary N) is 1. The Morgan fingerprint density at radius 1 is 1.21 bits per heavy atom. The lowest BCUT2D eigenvalue weighted by Crippen LogP contribution is -2.18. The van der Waals surface area contributed by atoms with E-state index in [1.54, 1.807) is 0 Å². The molecule has 4 heteroatoms. The summed E-state index contributed by atoms with van der Waals surface area (Å²) in [7, 11) is 0.